The topological polar surface area (TPSA) is 112 Å². The predicted molar refractivity (Wildman–Crippen MR) is 109 cm³/mol. The number of fused-ring (bicyclic) bond motifs is 1. The van der Waals surface area contributed by atoms with Crippen LogP contribution in [0.1, 0.15) is 16.1 Å². The monoisotopic (exact) mass is 420 g/mol. The SMILES string of the molecule is CS(=O)(=O)c1ncc2cc(COC(=O)c3ccccc3)nc(-c3ccncc3)c2n1. The molecule has 3 aromatic heterocycles. The van der Waals surface area contributed by atoms with Gasteiger partial charge in [-0.15, -0.1) is 0 Å². The molecule has 0 N–H and O–H groups in total. The molecule has 0 aliphatic heterocycles. The smallest absolute Gasteiger partial charge is 0.338 e. The van der Waals surface area contributed by atoms with Crippen LogP contribution in [-0.4, -0.2) is 40.6 Å². The van der Waals surface area contributed by atoms with Gasteiger partial charge in [0.15, 0.2) is 0 Å². The first-order valence-electron chi connectivity index (χ1n) is 8.91. The summed E-state index contributed by atoms with van der Waals surface area (Å²) in [5.41, 5.74) is 2.45. The summed E-state index contributed by atoms with van der Waals surface area (Å²) < 4.78 is 29.2. The summed E-state index contributed by atoms with van der Waals surface area (Å²) in [6, 6.07) is 13.8. The van der Waals surface area contributed by atoms with E-state index in [1.54, 1.807) is 54.9 Å². The summed E-state index contributed by atoms with van der Waals surface area (Å²) in [6.45, 7) is -0.0599. The Morgan fingerprint density at radius 2 is 1.77 bits per heavy atom. The molecular weight excluding hydrogens is 404 g/mol. The molecule has 8 nitrogen and oxygen atoms in total. The average Bonchev–Trinajstić information content (AvgIpc) is 2.77. The molecule has 0 aliphatic carbocycles. The molecule has 0 amide bonds. The summed E-state index contributed by atoms with van der Waals surface area (Å²) in [5.74, 6) is -0.466. The first-order chi connectivity index (χ1) is 14.4. The van der Waals surface area contributed by atoms with E-state index in [0.29, 0.717) is 33.4 Å². The van der Waals surface area contributed by atoms with E-state index in [2.05, 4.69) is 19.9 Å². The number of carbonyl (C=O) groups is 1. The lowest BCUT2D eigenvalue weighted by Crippen LogP contribution is -2.08. The minimum atomic E-state index is -3.59. The van der Waals surface area contributed by atoms with Crippen LogP contribution < -0.4 is 0 Å². The second kappa shape index (κ2) is 7.96. The van der Waals surface area contributed by atoms with Crippen LogP contribution in [0, 0.1) is 0 Å². The Morgan fingerprint density at radius 1 is 1.03 bits per heavy atom. The minimum absolute atomic E-state index is 0.0599. The summed E-state index contributed by atoms with van der Waals surface area (Å²) in [7, 11) is -3.59. The predicted octanol–water partition coefficient (Wildman–Crippen LogP) is 2.85. The summed E-state index contributed by atoms with van der Waals surface area (Å²) in [5, 5.41) is 0.297. The Balaban J connectivity index is 1.76. The van der Waals surface area contributed by atoms with Gasteiger partial charge in [0.1, 0.15) is 12.1 Å². The standard InChI is InChI=1S/C21H16N4O4S/c1-30(27,28)21-23-12-16-11-17(13-29-20(26)15-5-3-2-4-6-15)24-18(19(16)25-21)14-7-9-22-10-8-14/h2-12H,13H2,1H3. The van der Waals surface area contributed by atoms with Gasteiger partial charge in [-0.2, -0.15) is 0 Å². The molecular formula is C21H16N4O4S. The summed E-state index contributed by atoms with van der Waals surface area (Å²) >= 11 is 0. The number of aromatic nitrogens is 4. The third-order valence-corrected chi connectivity index (χ3v) is 5.10. The molecule has 0 spiro atoms. The lowest BCUT2D eigenvalue weighted by atomic mass is 10.1. The number of nitrogens with zero attached hydrogens (tertiary/aromatic N) is 4. The van der Waals surface area contributed by atoms with Crippen LogP contribution in [0.15, 0.2) is 72.3 Å². The second-order valence-corrected chi connectivity index (χ2v) is 8.41. The van der Waals surface area contributed by atoms with Crippen molar-refractivity contribution in [3.05, 3.63) is 78.4 Å². The third kappa shape index (κ3) is 4.15. The highest BCUT2D eigenvalue weighted by molar-refractivity contribution is 7.90. The van der Waals surface area contributed by atoms with Crippen LogP contribution >= 0.6 is 0 Å². The maximum absolute atomic E-state index is 12.2. The molecule has 0 bridgehead atoms. The molecule has 4 rings (SSSR count). The van der Waals surface area contributed by atoms with E-state index >= 15 is 0 Å². The van der Waals surface area contributed by atoms with Crippen LogP contribution in [0.25, 0.3) is 22.2 Å². The van der Waals surface area contributed by atoms with Crippen molar-refractivity contribution in [3.63, 3.8) is 0 Å². The maximum Gasteiger partial charge on any atom is 0.338 e. The number of sulfone groups is 1. The van der Waals surface area contributed by atoms with E-state index in [0.717, 1.165) is 6.26 Å². The third-order valence-electron chi connectivity index (χ3n) is 4.24. The van der Waals surface area contributed by atoms with E-state index in [9.17, 15) is 13.2 Å². The van der Waals surface area contributed by atoms with Gasteiger partial charge < -0.3 is 4.74 Å². The number of pyridine rings is 2. The molecule has 0 radical (unpaired) electrons. The number of carbonyl (C=O) groups excluding carboxylic acids is 1. The number of rotatable bonds is 5. The van der Waals surface area contributed by atoms with Crippen molar-refractivity contribution < 1.29 is 17.9 Å². The van der Waals surface area contributed by atoms with E-state index in [4.69, 9.17) is 4.74 Å². The van der Waals surface area contributed by atoms with Gasteiger partial charge in [0, 0.05) is 35.8 Å². The van der Waals surface area contributed by atoms with Crippen LogP contribution in [0.3, 0.4) is 0 Å². The molecule has 0 unspecified atom stereocenters. The van der Waals surface area contributed by atoms with E-state index < -0.39 is 15.8 Å². The van der Waals surface area contributed by atoms with Gasteiger partial charge in [-0.25, -0.2) is 28.2 Å². The lowest BCUT2D eigenvalue weighted by molar-refractivity contribution is 0.0468. The Hall–Kier alpha value is -3.72. The van der Waals surface area contributed by atoms with Crippen LogP contribution in [0.5, 0.6) is 0 Å². The zero-order chi connectivity index (χ0) is 21.1. The minimum Gasteiger partial charge on any atom is -0.456 e. The number of benzene rings is 1. The van der Waals surface area contributed by atoms with Gasteiger partial charge in [0.25, 0.3) is 0 Å². The fraction of sp³-hybridized carbons (Fsp3) is 0.0952. The van der Waals surface area contributed by atoms with Gasteiger partial charge in [0.05, 0.1) is 17.0 Å². The molecule has 4 aromatic rings. The fourth-order valence-corrected chi connectivity index (χ4v) is 3.34. The number of hydrogen-bond acceptors (Lipinski definition) is 8. The Bertz CT molecular complexity index is 1330. The summed E-state index contributed by atoms with van der Waals surface area (Å²) in [6.07, 6.45) is 5.67. The molecule has 0 saturated carbocycles. The highest BCUT2D eigenvalue weighted by Crippen LogP contribution is 2.26. The van der Waals surface area contributed by atoms with Crippen molar-refractivity contribution in [1.82, 2.24) is 19.9 Å². The van der Waals surface area contributed by atoms with E-state index in [1.165, 1.54) is 6.20 Å². The number of ether oxygens (including phenoxy) is 1. The average molecular weight is 420 g/mol. The first-order valence-corrected chi connectivity index (χ1v) is 10.8. The Kier molecular flexibility index (Phi) is 5.20. The number of esters is 1. The highest BCUT2D eigenvalue weighted by atomic mass is 32.2. The van der Waals surface area contributed by atoms with Crippen molar-refractivity contribution in [2.75, 3.05) is 6.26 Å². The maximum atomic E-state index is 12.2. The van der Waals surface area contributed by atoms with Crippen molar-refractivity contribution >= 4 is 26.7 Å². The second-order valence-electron chi connectivity index (χ2n) is 6.50. The van der Waals surface area contributed by atoms with Gasteiger partial charge in [-0.05, 0) is 30.3 Å². The van der Waals surface area contributed by atoms with E-state index in [-0.39, 0.29) is 11.8 Å². The highest BCUT2D eigenvalue weighted by Gasteiger charge is 2.17. The normalized spacial score (nSPS) is 11.4. The molecule has 9 heteroatoms. The molecule has 150 valence electrons. The van der Waals surface area contributed by atoms with Crippen LogP contribution in [0.2, 0.25) is 0 Å². The molecule has 0 fully saturated rings. The van der Waals surface area contributed by atoms with Crippen molar-refractivity contribution in [2.45, 2.75) is 11.8 Å². The van der Waals surface area contributed by atoms with Crippen molar-refractivity contribution in [1.29, 1.82) is 0 Å². The van der Waals surface area contributed by atoms with Gasteiger partial charge in [-0.1, -0.05) is 18.2 Å². The van der Waals surface area contributed by atoms with Gasteiger partial charge in [0.2, 0.25) is 15.0 Å². The molecule has 30 heavy (non-hydrogen) atoms. The molecule has 0 aliphatic rings. The molecule has 0 saturated heterocycles. The van der Waals surface area contributed by atoms with Gasteiger partial charge >= 0.3 is 5.97 Å². The molecule has 3 heterocycles. The zero-order valence-electron chi connectivity index (χ0n) is 15.9. The first kappa shape index (κ1) is 19.6. The quantitative estimate of drug-likeness (QED) is 0.358. The van der Waals surface area contributed by atoms with E-state index in [1.807, 2.05) is 6.07 Å². The summed E-state index contributed by atoms with van der Waals surface area (Å²) in [4.78, 5) is 29.0. The largest absolute Gasteiger partial charge is 0.456 e. The molecule has 1 aromatic carbocycles. The zero-order valence-corrected chi connectivity index (χ0v) is 16.7. The molecule has 0 atom stereocenters. The fourth-order valence-electron chi connectivity index (χ4n) is 2.84. The van der Waals surface area contributed by atoms with Crippen molar-refractivity contribution in [2.24, 2.45) is 0 Å². The van der Waals surface area contributed by atoms with Crippen LogP contribution in [0.4, 0.5) is 0 Å². The Morgan fingerprint density at radius 3 is 2.47 bits per heavy atom. The van der Waals surface area contributed by atoms with Crippen molar-refractivity contribution in [3.8, 4) is 11.3 Å². The number of hydrogen-bond donors (Lipinski definition) is 0. The van der Waals surface area contributed by atoms with Gasteiger partial charge in [-0.3, -0.25) is 4.98 Å². The lowest BCUT2D eigenvalue weighted by Gasteiger charge is -2.10. The van der Waals surface area contributed by atoms with Crippen LogP contribution in [-0.2, 0) is 21.2 Å². The Labute approximate surface area is 172 Å².